The van der Waals surface area contributed by atoms with Gasteiger partial charge in [-0.1, -0.05) is 200 Å². The summed E-state index contributed by atoms with van der Waals surface area (Å²) < 4.78 is 0. The van der Waals surface area contributed by atoms with Crippen LogP contribution in [0.2, 0.25) is 0 Å². The molecule has 66 heavy (non-hydrogen) atoms. The van der Waals surface area contributed by atoms with Crippen molar-refractivity contribution in [1.82, 2.24) is 0 Å². The predicted octanol–water partition coefficient (Wildman–Crippen LogP) is 15.8. The van der Waals surface area contributed by atoms with Crippen LogP contribution in [0.5, 0.6) is 0 Å². The van der Waals surface area contributed by atoms with Crippen molar-refractivity contribution in [2.75, 3.05) is 0 Å². The second-order valence-electron chi connectivity index (χ2n) is 20.5. The number of hydrogen-bond acceptors (Lipinski definition) is 0. The van der Waals surface area contributed by atoms with Crippen LogP contribution in [0.25, 0.3) is 110 Å². The number of rotatable bonds is 13. The SMILES string of the molecule is CCCCC1(CCCC)C=c2cc3c(-c4ccc5c(c4)C(CCCC)(CCCC)c4ccccc4-5)cc4c5ccccc5c5ccc6cccc7c(c2=C2C=c8ccccc8=C21)c3c4c5c67. The van der Waals surface area contributed by atoms with Gasteiger partial charge in [-0.25, -0.2) is 0 Å². The van der Waals surface area contributed by atoms with Gasteiger partial charge in [-0.05, 0) is 180 Å². The van der Waals surface area contributed by atoms with Gasteiger partial charge in [0.1, 0.15) is 0 Å². The summed E-state index contributed by atoms with van der Waals surface area (Å²) in [6.45, 7) is 9.49. The molecule has 10 aromatic carbocycles. The van der Waals surface area contributed by atoms with Crippen LogP contribution in [0.3, 0.4) is 0 Å². The highest BCUT2D eigenvalue weighted by molar-refractivity contribution is 6.45. The van der Waals surface area contributed by atoms with Gasteiger partial charge >= 0.3 is 0 Å². The molecule has 0 nitrogen and oxygen atoms in total. The van der Waals surface area contributed by atoms with Crippen molar-refractivity contribution in [2.24, 2.45) is 5.41 Å². The molecule has 0 saturated carbocycles. The second-order valence-corrected chi connectivity index (χ2v) is 20.5. The van der Waals surface area contributed by atoms with Gasteiger partial charge in [-0.15, -0.1) is 0 Å². The van der Waals surface area contributed by atoms with Crippen LogP contribution in [0.15, 0.2) is 133 Å². The van der Waals surface area contributed by atoms with E-state index in [2.05, 4.69) is 173 Å². The van der Waals surface area contributed by atoms with E-state index in [1.54, 1.807) is 16.7 Å². The molecule has 0 aliphatic heterocycles. The Bertz CT molecular complexity index is 3860. The Balaban J connectivity index is 1.25. The first-order valence-corrected chi connectivity index (χ1v) is 25.7. The van der Waals surface area contributed by atoms with Crippen molar-refractivity contribution < 1.29 is 0 Å². The van der Waals surface area contributed by atoms with Gasteiger partial charge in [-0.3, -0.25) is 0 Å². The molecule has 0 bridgehead atoms. The lowest BCUT2D eigenvalue weighted by atomic mass is 9.66. The summed E-state index contributed by atoms with van der Waals surface area (Å²) in [6, 6.07) is 53.0. The lowest BCUT2D eigenvalue weighted by Gasteiger charge is -2.37. The van der Waals surface area contributed by atoms with Crippen molar-refractivity contribution in [3.05, 3.63) is 165 Å². The monoisotopic (exact) mass is 852 g/mol. The molecule has 0 fully saturated rings. The van der Waals surface area contributed by atoms with Gasteiger partial charge in [0.25, 0.3) is 0 Å². The Labute approximate surface area is 389 Å². The van der Waals surface area contributed by atoms with E-state index in [0.29, 0.717) is 0 Å². The molecule has 10 aromatic rings. The van der Waals surface area contributed by atoms with Crippen molar-refractivity contribution in [2.45, 2.75) is 110 Å². The highest BCUT2D eigenvalue weighted by Gasteiger charge is 2.43. The zero-order chi connectivity index (χ0) is 44.3. The third-order valence-electron chi connectivity index (χ3n) is 17.0. The molecule has 0 unspecified atom stereocenters. The molecule has 0 atom stereocenters. The standard InChI is InChI=1S/C66H60/c1-5-9-32-65(33-10-6-2)40-44-37-53-52(43-29-30-49-48-25-17-18-27-56(48)66(34-11-7-3,35-12-8-4)57(49)38-43)39-54-47-24-16-15-23-46(47)50-31-28-41-21-19-26-51-58(41)60(50)63(54)62(53)61(51)59(44)55-36-42-20-13-14-22-45(42)64(55)65/h13-31,36-40H,5-12,32-35H2,1-4H3. The molecule has 0 spiro atoms. The minimum atomic E-state index is -0.0333. The molecule has 0 N–H and O–H groups in total. The van der Waals surface area contributed by atoms with E-state index in [0.717, 1.165) is 0 Å². The fraction of sp³-hybridized carbons (Fsp3) is 0.273. The van der Waals surface area contributed by atoms with Gasteiger partial charge < -0.3 is 0 Å². The zero-order valence-corrected chi connectivity index (χ0v) is 39.3. The van der Waals surface area contributed by atoms with E-state index in [-0.39, 0.29) is 10.8 Å². The summed E-state index contributed by atoms with van der Waals surface area (Å²) in [5.74, 6) is 0. The summed E-state index contributed by atoms with van der Waals surface area (Å²) in [7, 11) is 0. The maximum atomic E-state index is 2.81. The van der Waals surface area contributed by atoms with Crippen LogP contribution in [-0.4, -0.2) is 0 Å². The first kappa shape index (κ1) is 40.1. The summed E-state index contributed by atoms with van der Waals surface area (Å²) in [5.41, 5.74) is 11.8. The molecule has 0 saturated heterocycles. The van der Waals surface area contributed by atoms with Crippen molar-refractivity contribution in [3.63, 3.8) is 0 Å². The van der Waals surface area contributed by atoms with Gasteiger partial charge in [0.05, 0.1) is 0 Å². The maximum absolute atomic E-state index is 2.81. The van der Waals surface area contributed by atoms with Crippen LogP contribution >= 0.6 is 0 Å². The lowest BCUT2D eigenvalue weighted by molar-refractivity contribution is 0.414. The van der Waals surface area contributed by atoms with E-state index in [1.165, 1.54) is 190 Å². The quantitative estimate of drug-likeness (QED) is 0.0801. The first-order chi connectivity index (χ1) is 32.5. The first-order valence-electron chi connectivity index (χ1n) is 25.7. The van der Waals surface area contributed by atoms with Gasteiger partial charge in [0.2, 0.25) is 0 Å². The van der Waals surface area contributed by atoms with Crippen molar-refractivity contribution in [1.29, 1.82) is 0 Å². The number of benzene rings is 10. The van der Waals surface area contributed by atoms with Crippen LogP contribution in [0.1, 0.15) is 116 Å². The van der Waals surface area contributed by atoms with E-state index < -0.39 is 0 Å². The molecule has 0 aromatic heterocycles. The molecule has 3 aliphatic rings. The van der Waals surface area contributed by atoms with E-state index >= 15 is 0 Å². The molecular weight excluding hydrogens is 793 g/mol. The van der Waals surface area contributed by atoms with Crippen LogP contribution in [0, 0.1) is 5.41 Å². The topological polar surface area (TPSA) is 0 Å². The minimum absolute atomic E-state index is 0.0198. The van der Waals surface area contributed by atoms with Crippen molar-refractivity contribution >= 4 is 87.9 Å². The normalized spacial score (nSPS) is 15.5. The Morgan fingerprint density at radius 2 is 1.06 bits per heavy atom. The third kappa shape index (κ3) is 5.39. The Morgan fingerprint density at radius 3 is 1.85 bits per heavy atom. The van der Waals surface area contributed by atoms with Crippen LogP contribution in [0.4, 0.5) is 0 Å². The highest BCUT2D eigenvalue weighted by Crippen LogP contribution is 2.56. The average Bonchev–Trinajstić information content (AvgIpc) is 3.89. The minimum Gasteiger partial charge on any atom is -0.0659 e. The fourth-order valence-electron chi connectivity index (χ4n) is 14.1. The van der Waals surface area contributed by atoms with Crippen LogP contribution < -0.4 is 20.9 Å². The number of hydrogen-bond donors (Lipinski definition) is 0. The molecule has 324 valence electrons. The fourth-order valence-corrected chi connectivity index (χ4v) is 14.1. The summed E-state index contributed by atoms with van der Waals surface area (Å²) in [6.07, 6.45) is 19.9. The average molecular weight is 853 g/mol. The van der Waals surface area contributed by atoms with Crippen molar-refractivity contribution in [3.8, 4) is 22.3 Å². The van der Waals surface area contributed by atoms with Gasteiger partial charge in [-0.2, -0.15) is 0 Å². The van der Waals surface area contributed by atoms with E-state index in [4.69, 9.17) is 0 Å². The lowest BCUT2D eigenvalue weighted by Crippen LogP contribution is -2.40. The molecule has 0 amide bonds. The molecule has 0 heteroatoms. The van der Waals surface area contributed by atoms with Crippen LogP contribution in [-0.2, 0) is 5.41 Å². The summed E-state index contributed by atoms with van der Waals surface area (Å²) in [5, 5.41) is 22.4. The summed E-state index contributed by atoms with van der Waals surface area (Å²) in [4.78, 5) is 0. The zero-order valence-electron chi connectivity index (χ0n) is 39.3. The number of fused-ring (bicyclic) bond motifs is 11. The Kier molecular flexibility index (Phi) is 9.20. The smallest absolute Gasteiger partial charge is 0.0215 e. The molecule has 0 radical (unpaired) electrons. The maximum Gasteiger partial charge on any atom is 0.0215 e. The number of unbranched alkanes of at least 4 members (excludes halogenated alkanes) is 4. The Morgan fingerprint density at radius 1 is 0.409 bits per heavy atom. The predicted molar refractivity (Wildman–Crippen MR) is 287 cm³/mol. The summed E-state index contributed by atoms with van der Waals surface area (Å²) >= 11 is 0. The third-order valence-corrected chi connectivity index (χ3v) is 17.0. The molecular formula is C66H60. The molecule has 3 aliphatic carbocycles. The van der Waals surface area contributed by atoms with E-state index in [9.17, 15) is 0 Å². The largest absolute Gasteiger partial charge is 0.0659 e. The molecule has 13 rings (SSSR count). The van der Waals surface area contributed by atoms with Gasteiger partial charge in [0, 0.05) is 10.8 Å². The second kappa shape index (κ2) is 15.1. The highest BCUT2D eigenvalue weighted by atomic mass is 14.5. The Hall–Kier alpha value is -6.24. The van der Waals surface area contributed by atoms with E-state index in [1.807, 2.05) is 0 Å². The van der Waals surface area contributed by atoms with Gasteiger partial charge in [0.15, 0.2) is 0 Å². The molecule has 0 heterocycles.